The minimum atomic E-state index is -1.44. The number of hydrogen-bond acceptors (Lipinski definition) is 0. The lowest BCUT2D eigenvalue weighted by molar-refractivity contribution is 0.320. The van der Waals surface area contributed by atoms with Crippen molar-refractivity contribution in [2.45, 2.75) is 63.5 Å². The molecule has 0 heterocycles. The lowest BCUT2D eigenvalue weighted by Crippen LogP contribution is -2.33. The summed E-state index contributed by atoms with van der Waals surface area (Å²) in [5.41, 5.74) is 0.882. The zero-order valence-corrected chi connectivity index (χ0v) is 15.1. The first-order chi connectivity index (χ1) is 7.67. The summed E-state index contributed by atoms with van der Waals surface area (Å²) in [6.07, 6.45) is 5.76. The van der Waals surface area contributed by atoms with Gasteiger partial charge in [-0.3, -0.25) is 0 Å². The number of fused-ring (bicyclic) bond motifs is 2. The van der Waals surface area contributed by atoms with E-state index < -0.39 is 14.8 Å². The van der Waals surface area contributed by atoms with Crippen molar-refractivity contribution in [3.05, 3.63) is 0 Å². The van der Waals surface area contributed by atoms with Gasteiger partial charge in [-0.2, -0.15) is 22.2 Å². The van der Waals surface area contributed by atoms with Crippen LogP contribution in [0.4, 0.5) is 0 Å². The highest BCUT2D eigenvalue weighted by atomic mass is 35.6. The molecule has 2 bridgehead atoms. The van der Waals surface area contributed by atoms with Gasteiger partial charge in [0.05, 0.1) is 0 Å². The Hall–Kier alpha value is 1.01. The Balaban J connectivity index is 1.94. The minimum absolute atomic E-state index is 0.882. The van der Waals surface area contributed by atoms with Crippen LogP contribution in [0.3, 0.4) is 0 Å². The van der Waals surface area contributed by atoms with Gasteiger partial charge in [0.1, 0.15) is 0 Å². The Morgan fingerprint density at radius 2 is 1.65 bits per heavy atom. The van der Waals surface area contributed by atoms with E-state index in [0.29, 0.717) is 0 Å². The Labute approximate surface area is 118 Å². The third-order valence-electron chi connectivity index (χ3n) is 4.94. The van der Waals surface area contributed by atoms with Gasteiger partial charge in [-0.05, 0) is 48.6 Å². The molecule has 2 saturated carbocycles. The maximum Gasteiger partial charge on any atom is 0.153 e. The van der Waals surface area contributed by atoms with Gasteiger partial charge in [-0.15, -0.1) is 0 Å². The third kappa shape index (κ3) is 3.52. The average molecular weight is 309 g/mol. The summed E-state index contributed by atoms with van der Waals surface area (Å²) in [5.74, 6) is 2.91. The zero-order valence-electron chi connectivity index (χ0n) is 11.6. The van der Waals surface area contributed by atoms with Gasteiger partial charge in [0, 0.05) is 0 Å². The van der Waals surface area contributed by atoms with E-state index in [1.54, 1.807) is 0 Å². The Bertz CT molecular complexity index is 280. The average Bonchev–Trinajstić information content (AvgIpc) is 2.70. The van der Waals surface area contributed by atoms with Crippen molar-refractivity contribution >= 4 is 36.9 Å². The van der Waals surface area contributed by atoms with E-state index in [9.17, 15) is 0 Å². The SMILES string of the molecule is C[Si](C)(Cl)CC[C@H]1C[C@H]2C[C@@H]1[C@H]([Si](C)(C)Cl)C2. The third-order valence-corrected chi connectivity index (χ3v) is 10.3. The van der Waals surface area contributed by atoms with Crippen molar-refractivity contribution in [1.82, 2.24) is 0 Å². The fourth-order valence-corrected chi connectivity index (χ4v) is 8.60. The lowest BCUT2D eigenvalue weighted by Gasteiger charge is -2.36. The molecule has 0 amide bonds. The molecular formula is C13H26Cl2Si2. The topological polar surface area (TPSA) is 0 Å². The van der Waals surface area contributed by atoms with E-state index >= 15 is 0 Å². The standard InChI is InChI=1S/C13H26Cl2Si2/c1-16(2,14)6-5-11-7-10-8-12(11)13(9-10)17(3,4)15/h10-13H,5-9H2,1-4H3/t10-,11-,12-,13+/m0/s1. The van der Waals surface area contributed by atoms with Crippen LogP contribution in [0.2, 0.25) is 37.8 Å². The summed E-state index contributed by atoms with van der Waals surface area (Å²) in [7, 11) is -2.81. The fraction of sp³-hybridized carbons (Fsp3) is 1.00. The van der Waals surface area contributed by atoms with Crippen molar-refractivity contribution in [3.63, 3.8) is 0 Å². The number of hydrogen-bond donors (Lipinski definition) is 0. The molecule has 17 heavy (non-hydrogen) atoms. The molecule has 0 aliphatic heterocycles. The van der Waals surface area contributed by atoms with E-state index in [4.69, 9.17) is 22.2 Å². The molecule has 0 spiro atoms. The van der Waals surface area contributed by atoms with Crippen LogP contribution in [0.25, 0.3) is 0 Å². The van der Waals surface area contributed by atoms with Gasteiger partial charge in [0.2, 0.25) is 0 Å². The molecule has 0 saturated heterocycles. The van der Waals surface area contributed by atoms with Crippen LogP contribution in [0.1, 0.15) is 25.7 Å². The molecule has 2 aliphatic carbocycles. The van der Waals surface area contributed by atoms with Crippen molar-refractivity contribution in [1.29, 1.82) is 0 Å². The molecular weight excluding hydrogens is 283 g/mol. The quantitative estimate of drug-likeness (QED) is 0.463. The number of rotatable bonds is 4. The highest BCUT2D eigenvalue weighted by molar-refractivity contribution is 7.20. The van der Waals surface area contributed by atoms with Crippen molar-refractivity contribution in [2.75, 3.05) is 0 Å². The second-order valence-corrected chi connectivity index (χ2v) is 21.2. The van der Waals surface area contributed by atoms with Gasteiger partial charge in [-0.25, -0.2) is 0 Å². The molecule has 2 aliphatic rings. The van der Waals surface area contributed by atoms with Gasteiger partial charge < -0.3 is 0 Å². The summed E-state index contributed by atoms with van der Waals surface area (Å²) in [6, 6.07) is 1.29. The van der Waals surface area contributed by atoms with Crippen molar-refractivity contribution in [2.24, 2.45) is 17.8 Å². The molecule has 0 aromatic carbocycles. The van der Waals surface area contributed by atoms with Gasteiger partial charge in [0.25, 0.3) is 0 Å². The molecule has 100 valence electrons. The van der Waals surface area contributed by atoms with E-state index in [1.807, 2.05) is 0 Å². The second-order valence-electron chi connectivity index (χ2n) is 7.43. The van der Waals surface area contributed by atoms with Crippen molar-refractivity contribution < 1.29 is 0 Å². The Morgan fingerprint density at radius 3 is 2.12 bits per heavy atom. The molecule has 4 heteroatoms. The molecule has 2 fully saturated rings. The Kier molecular flexibility index (Phi) is 4.11. The van der Waals surface area contributed by atoms with Crippen molar-refractivity contribution in [3.8, 4) is 0 Å². The molecule has 0 aromatic rings. The summed E-state index contributed by atoms with van der Waals surface area (Å²) in [4.78, 5) is 0. The minimum Gasteiger partial charge on any atom is -0.168 e. The van der Waals surface area contributed by atoms with Crippen LogP contribution >= 0.6 is 22.2 Å². The Morgan fingerprint density at radius 1 is 1.00 bits per heavy atom. The molecule has 4 atom stereocenters. The van der Waals surface area contributed by atoms with E-state index in [-0.39, 0.29) is 0 Å². The maximum absolute atomic E-state index is 6.71. The van der Waals surface area contributed by atoms with Crippen LogP contribution in [0, 0.1) is 17.8 Å². The predicted octanol–water partition coefficient (Wildman–Crippen LogP) is 5.68. The molecule has 0 radical (unpaired) electrons. The predicted molar refractivity (Wildman–Crippen MR) is 84.2 cm³/mol. The highest BCUT2D eigenvalue weighted by Crippen LogP contribution is 2.60. The smallest absolute Gasteiger partial charge is 0.153 e. The zero-order chi connectivity index (χ0) is 12.8. The lowest BCUT2D eigenvalue weighted by atomic mass is 9.86. The van der Waals surface area contributed by atoms with Crippen LogP contribution in [-0.4, -0.2) is 14.8 Å². The summed E-state index contributed by atoms with van der Waals surface area (Å²) in [5, 5.41) is 0. The first kappa shape index (κ1) is 14.4. The van der Waals surface area contributed by atoms with E-state index in [0.717, 1.165) is 23.3 Å². The molecule has 0 unspecified atom stereocenters. The van der Waals surface area contributed by atoms with Crippen LogP contribution < -0.4 is 0 Å². The van der Waals surface area contributed by atoms with Gasteiger partial charge >= 0.3 is 0 Å². The summed E-state index contributed by atoms with van der Waals surface area (Å²) < 4.78 is 0. The number of halogens is 2. The summed E-state index contributed by atoms with van der Waals surface area (Å²) in [6.45, 7) is 9.24. The first-order valence-electron chi connectivity index (χ1n) is 7.04. The van der Waals surface area contributed by atoms with Gasteiger partial charge in [-0.1, -0.05) is 32.6 Å². The van der Waals surface area contributed by atoms with Crippen LogP contribution in [0.5, 0.6) is 0 Å². The highest BCUT2D eigenvalue weighted by Gasteiger charge is 2.51. The molecule has 0 aromatic heterocycles. The van der Waals surface area contributed by atoms with Crippen LogP contribution in [0.15, 0.2) is 0 Å². The largest absolute Gasteiger partial charge is 0.168 e. The second kappa shape index (κ2) is 4.84. The fourth-order valence-electron chi connectivity index (χ4n) is 4.15. The first-order valence-corrected chi connectivity index (χ1v) is 15.4. The normalized spacial score (nSPS) is 37.8. The monoisotopic (exact) mass is 308 g/mol. The molecule has 2 rings (SSSR count). The van der Waals surface area contributed by atoms with Gasteiger partial charge in [0.15, 0.2) is 14.8 Å². The summed E-state index contributed by atoms with van der Waals surface area (Å²) >= 11 is 13.2. The molecule has 0 nitrogen and oxygen atoms in total. The molecule has 0 N–H and O–H groups in total. The van der Waals surface area contributed by atoms with E-state index in [1.165, 1.54) is 31.7 Å². The van der Waals surface area contributed by atoms with E-state index in [2.05, 4.69) is 26.2 Å². The van der Waals surface area contributed by atoms with Crippen LogP contribution in [-0.2, 0) is 0 Å². The maximum atomic E-state index is 6.71.